The first-order chi connectivity index (χ1) is 12.8. The van der Waals surface area contributed by atoms with Crippen LogP contribution in [0, 0.1) is 6.92 Å². The van der Waals surface area contributed by atoms with Crippen LogP contribution in [0.25, 0.3) is 10.8 Å². The Balaban J connectivity index is 1.58. The minimum absolute atomic E-state index is 0.532. The van der Waals surface area contributed by atoms with Crippen molar-refractivity contribution in [1.82, 2.24) is 15.0 Å². The van der Waals surface area contributed by atoms with Gasteiger partial charge >= 0.3 is 0 Å². The molecule has 0 atom stereocenters. The summed E-state index contributed by atoms with van der Waals surface area (Å²) in [6.45, 7) is 2.67. The van der Waals surface area contributed by atoms with E-state index in [2.05, 4.69) is 43.8 Å². The number of aryl methyl sites for hydroxylation is 1. The van der Waals surface area contributed by atoms with Crippen LogP contribution < -0.4 is 10.6 Å². The molecule has 2 N–H and O–H groups in total. The summed E-state index contributed by atoms with van der Waals surface area (Å²) in [6, 6.07) is 22.3. The molecule has 0 aliphatic carbocycles. The highest BCUT2D eigenvalue weighted by molar-refractivity contribution is 5.92. The maximum Gasteiger partial charge on any atom is 0.230 e. The lowest BCUT2D eigenvalue weighted by molar-refractivity contribution is 1.06. The summed E-state index contributed by atoms with van der Waals surface area (Å²) >= 11 is 0. The van der Waals surface area contributed by atoms with E-state index >= 15 is 0 Å². The lowest BCUT2D eigenvalue weighted by Gasteiger charge is -2.11. The van der Waals surface area contributed by atoms with Crippen molar-refractivity contribution in [1.29, 1.82) is 0 Å². The highest BCUT2D eigenvalue weighted by Crippen LogP contribution is 2.23. The average molecular weight is 341 g/mol. The quantitative estimate of drug-likeness (QED) is 0.551. The highest BCUT2D eigenvalue weighted by atomic mass is 15.2. The zero-order chi connectivity index (χ0) is 17.8. The normalized spacial score (nSPS) is 10.7. The number of pyridine rings is 1. The van der Waals surface area contributed by atoms with E-state index in [4.69, 9.17) is 0 Å². The van der Waals surface area contributed by atoms with Crippen LogP contribution in [0.4, 0.5) is 17.6 Å². The van der Waals surface area contributed by atoms with Crippen LogP contribution in [0.3, 0.4) is 0 Å². The Bertz CT molecular complexity index is 1030. The van der Waals surface area contributed by atoms with Crippen LogP contribution >= 0.6 is 0 Å². The van der Waals surface area contributed by atoms with Crippen molar-refractivity contribution in [2.75, 3.05) is 10.6 Å². The molecule has 128 valence electrons. The third kappa shape index (κ3) is 3.62. The van der Waals surface area contributed by atoms with Crippen molar-refractivity contribution in [3.8, 4) is 0 Å². The summed E-state index contributed by atoms with van der Waals surface area (Å²) in [6.07, 6.45) is 1.79. The number of fused-ring (bicyclic) bond motifs is 1. The minimum Gasteiger partial charge on any atom is -0.366 e. The topological polar surface area (TPSA) is 62.7 Å². The monoisotopic (exact) mass is 341 g/mol. The fraction of sp³-hybridized carbons (Fsp3) is 0.0952. The maximum absolute atomic E-state index is 4.58. The van der Waals surface area contributed by atoms with E-state index in [1.165, 1.54) is 5.56 Å². The van der Waals surface area contributed by atoms with Gasteiger partial charge in [0.15, 0.2) is 0 Å². The summed E-state index contributed by atoms with van der Waals surface area (Å²) in [5.41, 5.74) is 2.09. The standard InChI is InChI=1S/C21H19N5/c1-15-13-19(23-14-16-7-3-2-4-8-16)25-21(24-15)26-20-18-10-6-5-9-17(18)11-12-22-20/h2-13H,14H2,1H3,(H2,22,23,24,25,26). The molecule has 26 heavy (non-hydrogen) atoms. The molecule has 2 aromatic heterocycles. The number of hydrogen-bond donors (Lipinski definition) is 2. The van der Waals surface area contributed by atoms with E-state index in [-0.39, 0.29) is 0 Å². The van der Waals surface area contributed by atoms with Crippen LogP contribution in [-0.4, -0.2) is 15.0 Å². The minimum atomic E-state index is 0.532. The molecule has 2 heterocycles. The Morgan fingerprint density at radius 1 is 0.885 bits per heavy atom. The fourth-order valence-electron chi connectivity index (χ4n) is 2.83. The maximum atomic E-state index is 4.58. The zero-order valence-corrected chi connectivity index (χ0v) is 14.5. The molecular formula is C21H19N5. The third-order valence-corrected chi connectivity index (χ3v) is 4.07. The Morgan fingerprint density at radius 2 is 1.69 bits per heavy atom. The molecule has 4 aromatic rings. The number of nitrogens with one attached hydrogen (secondary N) is 2. The zero-order valence-electron chi connectivity index (χ0n) is 14.5. The van der Waals surface area contributed by atoms with Crippen molar-refractivity contribution in [3.63, 3.8) is 0 Å². The molecule has 0 unspecified atom stereocenters. The summed E-state index contributed by atoms with van der Waals surface area (Å²) < 4.78 is 0. The Kier molecular flexibility index (Phi) is 4.43. The Hall–Kier alpha value is -3.47. The van der Waals surface area contributed by atoms with Gasteiger partial charge in [-0.3, -0.25) is 0 Å². The third-order valence-electron chi connectivity index (χ3n) is 4.07. The van der Waals surface area contributed by atoms with E-state index in [0.29, 0.717) is 12.5 Å². The molecule has 0 bridgehead atoms. The van der Waals surface area contributed by atoms with Gasteiger partial charge in [-0.1, -0.05) is 54.6 Å². The second kappa shape index (κ2) is 7.19. The van der Waals surface area contributed by atoms with E-state index in [1.807, 2.05) is 55.5 Å². The molecule has 0 aliphatic rings. The first-order valence-electron chi connectivity index (χ1n) is 8.52. The van der Waals surface area contributed by atoms with Gasteiger partial charge in [0, 0.05) is 29.9 Å². The van der Waals surface area contributed by atoms with E-state index in [9.17, 15) is 0 Å². The van der Waals surface area contributed by atoms with Crippen molar-refractivity contribution < 1.29 is 0 Å². The number of aromatic nitrogens is 3. The van der Waals surface area contributed by atoms with E-state index < -0.39 is 0 Å². The predicted molar refractivity (Wildman–Crippen MR) is 106 cm³/mol. The first-order valence-corrected chi connectivity index (χ1v) is 8.52. The van der Waals surface area contributed by atoms with Crippen molar-refractivity contribution >= 4 is 28.4 Å². The largest absolute Gasteiger partial charge is 0.366 e. The van der Waals surface area contributed by atoms with Gasteiger partial charge in [-0.15, -0.1) is 0 Å². The van der Waals surface area contributed by atoms with Gasteiger partial charge in [-0.05, 0) is 23.9 Å². The lowest BCUT2D eigenvalue weighted by Crippen LogP contribution is -2.06. The van der Waals surface area contributed by atoms with Crippen LogP contribution in [-0.2, 0) is 6.54 Å². The molecular weight excluding hydrogens is 322 g/mol. The molecule has 5 nitrogen and oxygen atoms in total. The fourth-order valence-corrected chi connectivity index (χ4v) is 2.83. The SMILES string of the molecule is Cc1cc(NCc2ccccc2)nc(Nc2nccc3ccccc23)n1. The molecule has 2 aromatic carbocycles. The molecule has 0 radical (unpaired) electrons. The molecule has 0 spiro atoms. The summed E-state index contributed by atoms with van der Waals surface area (Å²) in [5, 5.41) is 8.77. The van der Waals surface area contributed by atoms with E-state index in [1.54, 1.807) is 6.20 Å². The number of rotatable bonds is 5. The Morgan fingerprint density at radius 3 is 2.58 bits per heavy atom. The molecule has 5 heteroatoms. The lowest BCUT2D eigenvalue weighted by atomic mass is 10.1. The molecule has 0 saturated carbocycles. The van der Waals surface area contributed by atoms with Gasteiger partial charge in [0.1, 0.15) is 11.6 Å². The molecule has 0 amide bonds. The van der Waals surface area contributed by atoms with Gasteiger partial charge in [0.25, 0.3) is 0 Å². The summed E-state index contributed by atoms with van der Waals surface area (Å²) in [7, 11) is 0. The number of hydrogen-bond acceptors (Lipinski definition) is 5. The van der Waals surface area contributed by atoms with Crippen molar-refractivity contribution in [2.45, 2.75) is 13.5 Å². The molecule has 0 saturated heterocycles. The Labute approximate surface area is 152 Å². The van der Waals surface area contributed by atoms with Crippen LogP contribution in [0.5, 0.6) is 0 Å². The van der Waals surface area contributed by atoms with Crippen molar-refractivity contribution in [2.24, 2.45) is 0 Å². The summed E-state index contributed by atoms with van der Waals surface area (Å²) in [5.74, 6) is 2.07. The predicted octanol–water partition coefficient (Wildman–Crippen LogP) is 4.69. The highest BCUT2D eigenvalue weighted by Gasteiger charge is 2.06. The van der Waals surface area contributed by atoms with Crippen LogP contribution in [0.15, 0.2) is 72.9 Å². The average Bonchev–Trinajstić information content (AvgIpc) is 2.67. The van der Waals surface area contributed by atoms with Crippen LogP contribution in [0.2, 0.25) is 0 Å². The van der Waals surface area contributed by atoms with Gasteiger partial charge in [0.05, 0.1) is 0 Å². The second-order valence-electron chi connectivity index (χ2n) is 6.06. The smallest absolute Gasteiger partial charge is 0.230 e. The number of anilines is 3. The number of benzene rings is 2. The van der Waals surface area contributed by atoms with Crippen LogP contribution in [0.1, 0.15) is 11.3 Å². The molecule has 0 fully saturated rings. The van der Waals surface area contributed by atoms with Gasteiger partial charge < -0.3 is 10.6 Å². The first kappa shape index (κ1) is 16.0. The number of nitrogens with zero attached hydrogens (tertiary/aromatic N) is 3. The molecule has 0 aliphatic heterocycles. The van der Waals surface area contributed by atoms with Crippen molar-refractivity contribution in [3.05, 3.63) is 84.2 Å². The van der Waals surface area contributed by atoms with Gasteiger partial charge in [0.2, 0.25) is 5.95 Å². The van der Waals surface area contributed by atoms with E-state index in [0.717, 1.165) is 28.1 Å². The van der Waals surface area contributed by atoms with Gasteiger partial charge in [-0.2, -0.15) is 4.98 Å². The van der Waals surface area contributed by atoms with Gasteiger partial charge in [-0.25, -0.2) is 9.97 Å². The summed E-state index contributed by atoms with van der Waals surface area (Å²) in [4.78, 5) is 13.5. The molecule has 4 rings (SSSR count). The second-order valence-corrected chi connectivity index (χ2v) is 6.06.